The van der Waals surface area contributed by atoms with Gasteiger partial charge in [0.1, 0.15) is 17.4 Å². The van der Waals surface area contributed by atoms with E-state index >= 15 is 0 Å². The highest BCUT2D eigenvalue weighted by Gasteiger charge is 2.17. The van der Waals surface area contributed by atoms with Gasteiger partial charge in [-0.25, -0.2) is 0 Å². The lowest BCUT2D eigenvalue weighted by Crippen LogP contribution is -2.19. The van der Waals surface area contributed by atoms with Crippen LogP contribution in [0.5, 0.6) is 0 Å². The molecule has 80 valence electrons. The third-order valence-electron chi connectivity index (χ3n) is 2.24. The van der Waals surface area contributed by atoms with Crippen LogP contribution >= 0.6 is 0 Å². The van der Waals surface area contributed by atoms with Crippen LogP contribution in [0.1, 0.15) is 17.3 Å². The Morgan fingerprint density at radius 2 is 1.88 bits per heavy atom. The minimum atomic E-state index is -0.820. The molecule has 1 heterocycles. The molecule has 4 heteroatoms. The molecule has 0 bridgehead atoms. The number of hydrogen-bond donors (Lipinski definition) is 0. The van der Waals surface area contributed by atoms with Crippen LogP contribution in [-0.4, -0.2) is 11.6 Å². The van der Waals surface area contributed by atoms with E-state index in [1.165, 1.54) is 0 Å². The smallest absolute Gasteiger partial charge is 0.235 e. The predicted octanol–water partition coefficient (Wildman–Crippen LogP) is 1.56. The molecule has 0 aliphatic heterocycles. The quantitative estimate of drug-likeness (QED) is 0.564. The summed E-state index contributed by atoms with van der Waals surface area (Å²) in [7, 11) is 0. The van der Waals surface area contributed by atoms with Crippen molar-refractivity contribution in [1.29, 1.82) is 0 Å². The van der Waals surface area contributed by atoms with E-state index in [9.17, 15) is 14.4 Å². The maximum absolute atomic E-state index is 11.8. The third-order valence-corrected chi connectivity index (χ3v) is 2.24. The molecule has 2 aromatic rings. The second-order valence-corrected chi connectivity index (χ2v) is 3.36. The van der Waals surface area contributed by atoms with Crippen LogP contribution in [0.2, 0.25) is 0 Å². The minimum absolute atomic E-state index is 0.216. The molecular formula is C12H8O4. The molecule has 0 fully saturated rings. The van der Waals surface area contributed by atoms with Crippen molar-refractivity contribution in [3.8, 4) is 0 Å². The van der Waals surface area contributed by atoms with Gasteiger partial charge in [0, 0.05) is 6.92 Å². The van der Waals surface area contributed by atoms with Gasteiger partial charge in [0.2, 0.25) is 17.0 Å². The van der Waals surface area contributed by atoms with Crippen LogP contribution in [0, 0.1) is 0 Å². The Hall–Kier alpha value is -2.23. The van der Waals surface area contributed by atoms with Crippen molar-refractivity contribution in [3.05, 3.63) is 46.3 Å². The van der Waals surface area contributed by atoms with E-state index in [0.717, 1.165) is 13.2 Å². The first-order valence-electron chi connectivity index (χ1n) is 4.67. The summed E-state index contributed by atoms with van der Waals surface area (Å²) in [4.78, 5) is 34.1. The summed E-state index contributed by atoms with van der Waals surface area (Å²) in [6, 6.07) is 6.57. The van der Waals surface area contributed by atoms with Crippen molar-refractivity contribution in [1.82, 2.24) is 0 Å². The average Bonchev–Trinajstić information content (AvgIpc) is 2.29. The molecule has 0 unspecified atom stereocenters. The molecule has 0 aliphatic carbocycles. The number of ketones is 2. The Morgan fingerprint density at radius 3 is 2.56 bits per heavy atom. The van der Waals surface area contributed by atoms with Crippen LogP contribution in [-0.2, 0) is 4.79 Å². The molecule has 0 N–H and O–H groups in total. The van der Waals surface area contributed by atoms with Crippen LogP contribution in [0.15, 0.2) is 39.7 Å². The third kappa shape index (κ3) is 1.54. The first-order chi connectivity index (χ1) is 7.61. The van der Waals surface area contributed by atoms with Gasteiger partial charge in [-0.05, 0) is 12.1 Å². The molecule has 0 saturated carbocycles. The van der Waals surface area contributed by atoms with Crippen LogP contribution in [0.3, 0.4) is 0 Å². The summed E-state index contributed by atoms with van der Waals surface area (Å²) in [5.74, 6) is -1.50. The van der Waals surface area contributed by atoms with Gasteiger partial charge in [0.05, 0.1) is 5.39 Å². The summed E-state index contributed by atoms with van der Waals surface area (Å²) in [5.41, 5.74) is -0.291. The van der Waals surface area contributed by atoms with Crippen LogP contribution in [0.25, 0.3) is 11.0 Å². The van der Waals surface area contributed by atoms with Gasteiger partial charge in [0.25, 0.3) is 0 Å². The van der Waals surface area contributed by atoms with Crippen LogP contribution < -0.4 is 5.43 Å². The predicted molar refractivity (Wildman–Crippen MR) is 57.5 cm³/mol. The highest BCUT2D eigenvalue weighted by atomic mass is 16.3. The van der Waals surface area contributed by atoms with Gasteiger partial charge in [0.15, 0.2) is 0 Å². The summed E-state index contributed by atoms with van der Waals surface area (Å²) >= 11 is 0. The first kappa shape index (κ1) is 10.3. The molecule has 2 rings (SSSR count). The second-order valence-electron chi connectivity index (χ2n) is 3.36. The zero-order valence-corrected chi connectivity index (χ0v) is 8.52. The van der Waals surface area contributed by atoms with Crippen LogP contribution in [0.4, 0.5) is 0 Å². The van der Waals surface area contributed by atoms with Gasteiger partial charge in [-0.15, -0.1) is 0 Å². The molecule has 0 atom stereocenters. The van der Waals surface area contributed by atoms with Crippen molar-refractivity contribution in [3.63, 3.8) is 0 Å². The van der Waals surface area contributed by atoms with Crippen molar-refractivity contribution < 1.29 is 14.0 Å². The Morgan fingerprint density at radius 1 is 1.19 bits per heavy atom. The molecule has 0 spiro atoms. The SMILES string of the molecule is CC(=O)C(=O)c1coc2ccccc2c1=O. The van der Waals surface area contributed by atoms with E-state index in [1.54, 1.807) is 24.3 Å². The van der Waals surface area contributed by atoms with Crippen molar-refractivity contribution in [2.45, 2.75) is 6.92 Å². The fraction of sp³-hybridized carbons (Fsp3) is 0.0833. The number of hydrogen-bond acceptors (Lipinski definition) is 4. The van der Waals surface area contributed by atoms with Crippen molar-refractivity contribution in [2.24, 2.45) is 0 Å². The number of Topliss-reactive ketones (excluding diaryl/α,β-unsaturated/α-hetero) is 2. The fourth-order valence-corrected chi connectivity index (χ4v) is 1.42. The highest BCUT2D eigenvalue weighted by molar-refractivity contribution is 6.42. The molecule has 1 aromatic carbocycles. The Kier molecular flexibility index (Phi) is 2.40. The molecular weight excluding hydrogens is 208 g/mol. The largest absolute Gasteiger partial charge is 0.463 e. The fourth-order valence-electron chi connectivity index (χ4n) is 1.42. The maximum Gasteiger partial charge on any atom is 0.235 e. The highest BCUT2D eigenvalue weighted by Crippen LogP contribution is 2.10. The minimum Gasteiger partial charge on any atom is -0.463 e. The molecule has 1 aromatic heterocycles. The summed E-state index contributed by atoms with van der Waals surface area (Å²) in [6.07, 6.45) is 1.04. The van der Waals surface area contributed by atoms with Gasteiger partial charge in [-0.3, -0.25) is 14.4 Å². The van der Waals surface area contributed by atoms with E-state index in [1.807, 2.05) is 0 Å². The van der Waals surface area contributed by atoms with Crippen molar-refractivity contribution >= 4 is 22.5 Å². The Labute approximate surface area is 90.5 Å². The number of para-hydroxylation sites is 1. The maximum atomic E-state index is 11.8. The Balaban J connectivity index is 2.75. The number of rotatable bonds is 2. The lowest BCUT2D eigenvalue weighted by Gasteiger charge is -1.98. The summed E-state index contributed by atoms with van der Waals surface area (Å²) in [6.45, 7) is 1.12. The summed E-state index contributed by atoms with van der Waals surface area (Å²) < 4.78 is 5.12. The van der Waals surface area contributed by atoms with E-state index < -0.39 is 17.0 Å². The van der Waals surface area contributed by atoms with E-state index in [-0.39, 0.29) is 5.56 Å². The molecule has 0 radical (unpaired) electrons. The molecule has 4 nitrogen and oxygen atoms in total. The van der Waals surface area contributed by atoms with E-state index in [2.05, 4.69) is 0 Å². The molecule has 0 aliphatic rings. The van der Waals surface area contributed by atoms with Gasteiger partial charge in [-0.2, -0.15) is 0 Å². The Bertz CT molecular complexity index is 637. The number of carbonyl (C=O) groups is 2. The van der Waals surface area contributed by atoms with E-state index in [4.69, 9.17) is 4.42 Å². The average molecular weight is 216 g/mol. The second kappa shape index (κ2) is 3.73. The lowest BCUT2D eigenvalue weighted by atomic mass is 10.1. The molecule has 0 saturated heterocycles. The zero-order chi connectivity index (χ0) is 11.7. The number of benzene rings is 1. The van der Waals surface area contributed by atoms with Gasteiger partial charge in [-0.1, -0.05) is 12.1 Å². The van der Waals surface area contributed by atoms with Gasteiger partial charge < -0.3 is 4.42 Å². The van der Waals surface area contributed by atoms with Crippen molar-refractivity contribution in [2.75, 3.05) is 0 Å². The van der Waals surface area contributed by atoms with E-state index in [0.29, 0.717) is 11.0 Å². The van der Waals surface area contributed by atoms with Gasteiger partial charge >= 0.3 is 0 Å². The summed E-state index contributed by atoms with van der Waals surface area (Å²) in [5, 5.41) is 0.301. The first-order valence-corrected chi connectivity index (χ1v) is 4.67. The molecule has 0 amide bonds. The number of fused-ring (bicyclic) bond motifs is 1. The topological polar surface area (TPSA) is 64.3 Å². The standard InChI is InChI=1S/C12H8O4/c1-7(13)11(14)9-6-16-10-5-3-2-4-8(10)12(9)15/h2-6H,1H3. The molecule has 16 heavy (non-hydrogen) atoms. The lowest BCUT2D eigenvalue weighted by molar-refractivity contribution is -0.113. The normalized spacial score (nSPS) is 10.3. The number of carbonyl (C=O) groups excluding carboxylic acids is 2. The zero-order valence-electron chi connectivity index (χ0n) is 8.52. The monoisotopic (exact) mass is 216 g/mol.